The van der Waals surface area contributed by atoms with Gasteiger partial charge in [0.1, 0.15) is 0 Å². The lowest BCUT2D eigenvalue weighted by Gasteiger charge is -2.15. The van der Waals surface area contributed by atoms with E-state index in [4.69, 9.17) is 4.42 Å². The van der Waals surface area contributed by atoms with E-state index in [1.807, 2.05) is 72.8 Å². The lowest BCUT2D eigenvalue weighted by Crippen LogP contribution is -2.24. The Hall–Kier alpha value is -4.00. The molecular weight excluding hydrogens is 392 g/mol. The molecule has 7 nitrogen and oxygen atoms in total. The van der Waals surface area contributed by atoms with Crippen LogP contribution in [-0.2, 0) is 16.0 Å². The minimum Gasteiger partial charge on any atom is -0.407 e. The number of fused-ring (bicyclic) bond motifs is 1. The molecular formula is C24H20N4O3. The summed E-state index contributed by atoms with van der Waals surface area (Å²) < 4.78 is 5.66. The summed E-state index contributed by atoms with van der Waals surface area (Å²) in [5, 5.41) is 12.8. The number of hydrogen-bond donors (Lipinski definition) is 1. The SMILES string of the molecule is O=C(Cc1cccc2ccccc12)Nc1nnc(C2CC(=O)N(c3ccccc3)C2)o1. The second-order valence-corrected chi connectivity index (χ2v) is 7.55. The quantitative estimate of drug-likeness (QED) is 0.537. The van der Waals surface area contributed by atoms with Crippen LogP contribution in [0, 0.1) is 0 Å². The van der Waals surface area contributed by atoms with Crippen molar-refractivity contribution in [2.24, 2.45) is 0 Å². The molecule has 7 heteroatoms. The summed E-state index contributed by atoms with van der Waals surface area (Å²) in [6.07, 6.45) is 0.489. The number of rotatable bonds is 5. The number of aromatic nitrogens is 2. The zero-order valence-corrected chi connectivity index (χ0v) is 16.7. The van der Waals surface area contributed by atoms with Gasteiger partial charge in [-0.2, -0.15) is 0 Å². The third-order valence-electron chi connectivity index (χ3n) is 5.46. The van der Waals surface area contributed by atoms with Gasteiger partial charge in [-0.15, -0.1) is 5.10 Å². The van der Waals surface area contributed by atoms with Gasteiger partial charge in [0.2, 0.25) is 17.7 Å². The highest BCUT2D eigenvalue weighted by molar-refractivity contribution is 5.96. The fourth-order valence-corrected chi connectivity index (χ4v) is 3.96. The van der Waals surface area contributed by atoms with E-state index in [2.05, 4.69) is 15.5 Å². The van der Waals surface area contributed by atoms with E-state index in [-0.39, 0.29) is 30.2 Å². The molecule has 3 aromatic carbocycles. The van der Waals surface area contributed by atoms with Crippen molar-refractivity contribution < 1.29 is 14.0 Å². The summed E-state index contributed by atoms with van der Waals surface area (Å²) in [5.74, 6) is -0.0768. The molecule has 5 rings (SSSR count). The Morgan fingerprint density at radius 2 is 1.77 bits per heavy atom. The Morgan fingerprint density at radius 1 is 1.00 bits per heavy atom. The molecule has 0 bridgehead atoms. The molecule has 2 amide bonds. The normalized spacial score (nSPS) is 16.1. The molecule has 154 valence electrons. The van der Waals surface area contributed by atoms with Crippen molar-refractivity contribution in [2.75, 3.05) is 16.8 Å². The summed E-state index contributed by atoms with van der Waals surface area (Å²) in [4.78, 5) is 26.7. The van der Waals surface area contributed by atoms with Crippen molar-refractivity contribution >= 4 is 34.3 Å². The Morgan fingerprint density at radius 3 is 2.65 bits per heavy atom. The standard InChI is InChI=1S/C24H20N4O3/c29-21(13-17-9-6-8-16-7-4-5-12-20(16)17)25-24-27-26-23(31-24)18-14-22(30)28(15-18)19-10-2-1-3-11-19/h1-12,18H,13-15H2,(H,25,27,29). The van der Waals surface area contributed by atoms with Crippen LogP contribution in [0.2, 0.25) is 0 Å². The molecule has 1 N–H and O–H groups in total. The maximum Gasteiger partial charge on any atom is 0.322 e. The van der Waals surface area contributed by atoms with E-state index in [0.717, 1.165) is 22.0 Å². The van der Waals surface area contributed by atoms with Gasteiger partial charge in [0.05, 0.1) is 12.3 Å². The first-order chi connectivity index (χ1) is 15.2. The predicted octanol–water partition coefficient (Wildman–Crippen LogP) is 3.92. The summed E-state index contributed by atoms with van der Waals surface area (Å²) in [6, 6.07) is 23.4. The first kappa shape index (κ1) is 19.0. The fraction of sp³-hybridized carbons (Fsp3) is 0.167. The average molecular weight is 412 g/mol. The molecule has 1 aromatic heterocycles. The van der Waals surface area contributed by atoms with Crippen LogP contribution in [0.4, 0.5) is 11.7 Å². The Bertz CT molecular complexity index is 1250. The second-order valence-electron chi connectivity index (χ2n) is 7.55. The van der Waals surface area contributed by atoms with Gasteiger partial charge < -0.3 is 9.32 Å². The molecule has 1 fully saturated rings. The van der Waals surface area contributed by atoms with Crippen LogP contribution in [0.15, 0.2) is 77.2 Å². The molecule has 0 aliphatic carbocycles. The highest BCUT2D eigenvalue weighted by atomic mass is 16.4. The van der Waals surface area contributed by atoms with Crippen molar-refractivity contribution in [3.8, 4) is 0 Å². The van der Waals surface area contributed by atoms with Crippen LogP contribution in [0.5, 0.6) is 0 Å². The number of para-hydroxylation sites is 1. The third kappa shape index (κ3) is 3.90. The number of hydrogen-bond acceptors (Lipinski definition) is 5. The van der Waals surface area contributed by atoms with Gasteiger partial charge in [0, 0.05) is 18.7 Å². The molecule has 1 aliphatic rings. The van der Waals surface area contributed by atoms with Crippen molar-refractivity contribution in [1.82, 2.24) is 10.2 Å². The minimum absolute atomic E-state index is 0.0101. The molecule has 0 radical (unpaired) electrons. The molecule has 4 aromatic rings. The zero-order valence-electron chi connectivity index (χ0n) is 16.7. The summed E-state index contributed by atoms with van der Waals surface area (Å²) in [7, 11) is 0. The van der Waals surface area contributed by atoms with Crippen molar-refractivity contribution in [1.29, 1.82) is 0 Å². The summed E-state index contributed by atoms with van der Waals surface area (Å²) in [6.45, 7) is 0.467. The number of amides is 2. The summed E-state index contributed by atoms with van der Waals surface area (Å²) in [5.41, 5.74) is 1.77. The van der Waals surface area contributed by atoms with Crippen LogP contribution in [0.1, 0.15) is 23.8 Å². The van der Waals surface area contributed by atoms with E-state index in [9.17, 15) is 9.59 Å². The highest BCUT2D eigenvalue weighted by Gasteiger charge is 2.35. The zero-order chi connectivity index (χ0) is 21.2. The lowest BCUT2D eigenvalue weighted by molar-refractivity contribution is -0.117. The predicted molar refractivity (Wildman–Crippen MR) is 117 cm³/mol. The smallest absolute Gasteiger partial charge is 0.322 e. The van der Waals surface area contributed by atoms with Gasteiger partial charge >= 0.3 is 6.01 Å². The Balaban J connectivity index is 1.26. The van der Waals surface area contributed by atoms with Crippen LogP contribution >= 0.6 is 0 Å². The van der Waals surface area contributed by atoms with E-state index < -0.39 is 0 Å². The van der Waals surface area contributed by atoms with Crippen molar-refractivity contribution in [3.63, 3.8) is 0 Å². The molecule has 1 atom stereocenters. The molecule has 31 heavy (non-hydrogen) atoms. The van der Waals surface area contributed by atoms with Crippen molar-refractivity contribution in [2.45, 2.75) is 18.8 Å². The van der Waals surface area contributed by atoms with E-state index in [1.54, 1.807) is 4.90 Å². The number of carbonyl (C=O) groups is 2. The molecule has 1 aliphatic heterocycles. The first-order valence-corrected chi connectivity index (χ1v) is 10.1. The van der Waals surface area contributed by atoms with E-state index in [0.29, 0.717) is 18.9 Å². The number of benzene rings is 3. The minimum atomic E-state index is -0.236. The largest absolute Gasteiger partial charge is 0.407 e. The third-order valence-corrected chi connectivity index (χ3v) is 5.46. The first-order valence-electron chi connectivity index (χ1n) is 10.1. The Kier molecular flexibility index (Phi) is 4.92. The fourth-order valence-electron chi connectivity index (χ4n) is 3.96. The monoisotopic (exact) mass is 412 g/mol. The topological polar surface area (TPSA) is 88.3 Å². The van der Waals surface area contributed by atoms with Gasteiger partial charge in [-0.1, -0.05) is 65.8 Å². The number of nitrogens with zero attached hydrogens (tertiary/aromatic N) is 3. The average Bonchev–Trinajstić information content (AvgIpc) is 3.41. The van der Waals surface area contributed by atoms with Crippen LogP contribution < -0.4 is 10.2 Å². The maximum atomic E-state index is 12.5. The molecule has 0 spiro atoms. The van der Waals surface area contributed by atoms with Gasteiger partial charge in [0.25, 0.3) is 0 Å². The number of carbonyl (C=O) groups excluding carboxylic acids is 2. The molecule has 2 heterocycles. The number of nitrogens with one attached hydrogen (secondary N) is 1. The highest BCUT2D eigenvalue weighted by Crippen LogP contribution is 2.31. The van der Waals surface area contributed by atoms with Gasteiger partial charge in [0.15, 0.2) is 0 Å². The summed E-state index contributed by atoms with van der Waals surface area (Å²) >= 11 is 0. The number of anilines is 2. The molecule has 1 saturated heterocycles. The molecule has 0 saturated carbocycles. The lowest BCUT2D eigenvalue weighted by atomic mass is 10.0. The van der Waals surface area contributed by atoms with Crippen LogP contribution in [0.3, 0.4) is 0 Å². The second kappa shape index (κ2) is 8.02. The van der Waals surface area contributed by atoms with Crippen LogP contribution in [-0.4, -0.2) is 28.6 Å². The van der Waals surface area contributed by atoms with E-state index >= 15 is 0 Å². The van der Waals surface area contributed by atoms with Gasteiger partial charge in [-0.25, -0.2) is 0 Å². The Labute approximate surface area is 178 Å². The van der Waals surface area contributed by atoms with Gasteiger partial charge in [-0.05, 0) is 28.5 Å². The maximum absolute atomic E-state index is 12.5. The van der Waals surface area contributed by atoms with Crippen LogP contribution in [0.25, 0.3) is 10.8 Å². The van der Waals surface area contributed by atoms with Crippen molar-refractivity contribution in [3.05, 3.63) is 84.3 Å². The molecule has 1 unspecified atom stereocenters. The van der Waals surface area contributed by atoms with E-state index in [1.165, 1.54) is 0 Å². The van der Waals surface area contributed by atoms with Gasteiger partial charge in [-0.3, -0.25) is 14.9 Å².